The van der Waals surface area contributed by atoms with Crippen molar-refractivity contribution in [1.82, 2.24) is 0 Å². The van der Waals surface area contributed by atoms with E-state index in [9.17, 15) is 8.42 Å². The van der Waals surface area contributed by atoms with E-state index in [0.717, 1.165) is 4.24 Å². The molecule has 0 saturated heterocycles. The molecular formula is C12H9LiO2S. The molecule has 0 amide bonds. The fraction of sp³-hybridized carbons (Fsp3) is 0. The summed E-state index contributed by atoms with van der Waals surface area (Å²) in [5, 5.41) is 0. The van der Waals surface area contributed by atoms with Gasteiger partial charge in [-0.1, -0.05) is 0 Å². The van der Waals surface area contributed by atoms with Gasteiger partial charge in [0.2, 0.25) is 0 Å². The van der Waals surface area contributed by atoms with Gasteiger partial charge in [-0.15, -0.1) is 0 Å². The molecule has 2 rings (SSSR count). The van der Waals surface area contributed by atoms with Crippen LogP contribution in [0.1, 0.15) is 0 Å². The van der Waals surface area contributed by atoms with E-state index in [1.165, 1.54) is 0 Å². The van der Waals surface area contributed by atoms with Crippen molar-refractivity contribution in [3.8, 4) is 0 Å². The van der Waals surface area contributed by atoms with Crippen LogP contribution in [-0.2, 0) is 9.84 Å². The van der Waals surface area contributed by atoms with E-state index in [2.05, 4.69) is 0 Å². The summed E-state index contributed by atoms with van der Waals surface area (Å²) in [7, 11) is -3.36. The summed E-state index contributed by atoms with van der Waals surface area (Å²) in [5.41, 5.74) is 0. The Labute approximate surface area is 104 Å². The normalized spacial score (nSPS) is 11.4. The average Bonchev–Trinajstić information content (AvgIpc) is 2.31. The zero-order chi connectivity index (χ0) is 11.6. The molecule has 2 aromatic carbocycles. The monoisotopic (exact) mass is 224 g/mol. The van der Waals surface area contributed by atoms with Crippen LogP contribution in [0.25, 0.3) is 0 Å². The summed E-state index contributed by atoms with van der Waals surface area (Å²) in [6.45, 7) is 0. The Balaban J connectivity index is 2.52. The Bertz CT molecular complexity index is 574. The predicted molar refractivity (Wildman–Crippen MR) is 63.7 cm³/mol. The zero-order valence-electron chi connectivity index (χ0n) is 8.92. The van der Waals surface area contributed by atoms with Gasteiger partial charge in [0.05, 0.1) is 0 Å². The molecule has 0 bridgehead atoms. The van der Waals surface area contributed by atoms with E-state index in [0.29, 0.717) is 9.79 Å². The van der Waals surface area contributed by atoms with Crippen LogP contribution in [0.15, 0.2) is 64.4 Å². The number of benzene rings is 2. The fourth-order valence-electron chi connectivity index (χ4n) is 1.45. The molecule has 76 valence electrons. The molecule has 0 unspecified atom stereocenters. The van der Waals surface area contributed by atoms with Gasteiger partial charge in [0, 0.05) is 0 Å². The second-order valence-corrected chi connectivity index (χ2v) is 5.58. The number of rotatable bonds is 2. The molecule has 0 aliphatic rings. The Morgan fingerprint density at radius 1 is 0.750 bits per heavy atom. The van der Waals surface area contributed by atoms with Crippen molar-refractivity contribution < 1.29 is 8.42 Å². The van der Waals surface area contributed by atoms with E-state index >= 15 is 0 Å². The van der Waals surface area contributed by atoms with Gasteiger partial charge >= 0.3 is 105 Å². The second kappa shape index (κ2) is 4.46. The molecule has 0 N–H and O–H groups in total. The molecule has 0 aliphatic heterocycles. The topological polar surface area (TPSA) is 34.1 Å². The van der Waals surface area contributed by atoms with E-state index in [-0.39, 0.29) is 0 Å². The molecule has 2 nitrogen and oxygen atoms in total. The van der Waals surface area contributed by atoms with Crippen LogP contribution in [0, 0.1) is 0 Å². The SMILES string of the molecule is [Li][c]1ccc(S(=O)(=O)c2ccccc2)cc1. The molecule has 0 heterocycles. The first-order valence-electron chi connectivity index (χ1n) is 4.97. The molecule has 0 aliphatic carbocycles. The van der Waals surface area contributed by atoms with Crippen molar-refractivity contribution >= 4 is 31.8 Å². The standard InChI is InChI=1S/C12H9O2S.Li/c13-15(14,11-7-3-1-4-8-11)12-9-5-2-6-10-12;/h1,3-10H;. The first-order valence-corrected chi connectivity index (χ1v) is 6.46. The molecule has 0 saturated carbocycles. The van der Waals surface area contributed by atoms with Gasteiger partial charge in [0.25, 0.3) is 0 Å². The van der Waals surface area contributed by atoms with Crippen molar-refractivity contribution in [2.75, 3.05) is 0 Å². The van der Waals surface area contributed by atoms with E-state index < -0.39 is 9.84 Å². The summed E-state index contributed by atoms with van der Waals surface area (Å²) >= 11 is 1.93. The quantitative estimate of drug-likeness (QED) is 0.721. The van der Waals surface area contributed by atoms with Gasteiger partial charge in [-0.05, 0) is 0 Å². The molecule has 0 spiro atoms. The fourth-order valence-corrected chi connectivity index (χ4v) is 2.74. The van der Waals surface area contributed by atoms with Gasteiger partial charge in [0.1, 0.15) is 0 Å². The van der Waals surface area contributed by atoms with Crippen LogP contribution in [0.2, 0.25) is 0 Å². The van der Waals surface area contributed by atoms with Crippen molar-refractivity contribution in [2.45, 2.75) is 9.79 Å². The molecular weight excluding hydrogens is 215 g/mol. The van der Waals surface area contributed by atoms with Gasteiger partial charge in [0.15, 0.2) is 0 Å². The number of hydrogen-bond acceptors (Lipinski definition) is 2. The van der Waals surface area contributed by atoms with Gasteiger partial charge in [-0.25, -0.2) is 0 Å². The Morgan fingerprint density at radius 2 is 1.25 bits per heavy atom. The Kier molecular flexibility index (Phi) is 3.20. The Hall–Kier alpha value is -1.01. The minimum atomic E-state index is -3.36. The van der Waals surface area contributed by atoms with Crippen LogP contribution in [0.3, 0.4) is 0 Å². The maximum absolute atomic E-state index is 12.1. The van der Waals surface area contributed by atoms with Crippen molar-refractivity contribution in [3.05, 3.63) is 54.6 Å². The van der Waals surface area contributed by atoms with E-state index in [4.69, 9.17) is 0 Å². The summed E-state index contributed by atoms with van der Waals surface area (Å²) in [5.74, 6) is 0. The van der Waals surface area contributed by atoms with E-state index in [1.807, 2.05) is 17.7 Å². The van der Waals surface area contributed by atoms with Crippen LogP contribution in [0.4, 0.5) is 0 Å². The van der Waals surface area contributed by atoms with Crippen LogP contribution in [0.5, 0.6) is 0 Å². The third-order valence-corrected chi connectivity index (χ3v) is 4.17. The summed E-state index contributed by atoms with van der Waals surface area (Å²) in [6, 6.07) is 15.3. The molecule has 4 heteroatoms. The molecule has 0 aromatic heterocycles. The molecule has 0 fully saturated rings. The summed E-state index contributed by atoms with van der Waals surface area (Å²) in [4.78, 5) is 0.670. The first kappa shape index (κ1) is 11.5. The average molecular weight is 224 g/mol. The summed E-state index contributed by atoms with van der Waals surface area (Å²) in [6.07, 6.45) is 0. The van der Waals surface area contributed by atoms with Gasteiger partial charge < -0.3 is 0 Å². The summed E-state index contributed by atoms with van der Waals surface area (Å²) < 4.78 is 25.3. The third-order valence-electron chi connectivity index (χ3n) is 2.38. The number of sulfone groups is 1. The van der Waals surface area contributed by atoms with Crippen molar-refractivity contribution in [1.29, 1.82) is 0 Å². The second-order valence-electron chi connectivity index (χ2n) is 3.63. The molecule has 0 atom stereocenters. The molecule has 16 heavy (non-hydrogen) atoms. The maximum atomic E-state index is 12.1. The van der Waals surface area contributed by atoms with Crippen LogP contribution < -0.4 is 4.24 Å². The van der Waals surface area contributed by atoms with Crippen LogP contribution in [-0.4, -0.2) is 26.1 Å². The van der Waals surface area contributed by atoms with Crippen molar-refractivity contribution in [3.63, 3.8) is 0 Å². The van der Waals surface area contributed by atoms with Gasteiger partial charge in [-0.3, -0.25) is 0 Å². The van der Waals surface area contributed by atoms with Crippen LogP contribution >= 0.6 is 0 Å². The third kappa shape index (κ3) is 2.22. The molecule has 0 radical (unpaired) electrons. The Morgan fingerprint density at radius 3 is 1.81 bits per heavy atom. The predicted octanol–water partition coefficient (Wildman–Crippen LogP) is 1.31. The first-order chi connectivity index (χ1) is 7.60. The van der Waals surface area contributed by atoms with Crippen molar-refractivity contribution in [2.24, 2.45) is 0 Å². The minimum absolute atomic E-state index is 0.332. The van der Waals surface area contributed by atoms with Gasteiger partial charge in [-0.2, -0.15) is 0 Å². The van der Waals surface area contributed by atoms with E-state index in [1.54, 1.807) is 54.6 Å². The zero-order valence-corrected chi connectivity index (χ0v) is 9.74. The number of hydrogen-bond donors (Lipinski definition) is 0. The molecule has 2 aromatic rings.